The maximum absolute atomic E-state index is 12.5. The minimum Gasteiger partial charge on any atom is -0.489 e. The summed E-state index contributed by atoms with van der Waals surface area (Å²) in [5.74, 6) is 0.274. The van der Waals surface area contributed by atoms with E-state index in [0.29, 0.717) is 15.8 Å². The molecule has 152 valence electrons. The minimum atomic E-state index is -0.463. The molecule has 11 heteroatoms. The van der Waals surface area contributed by atoms with Crippen LogP contribution in [0.2, 0.25) is 0 Å². The number of carbonyl (C=O) groups is 1. The highest BCUT2D eigenvalue weighted by atomic mass is 32.1. The number of carbonyl (C=O) groups excluding carboxylic acids is 1. The largest absolute Gasteiger partial charge is 0.489 e. The maximum atomic E-state index is 12.5. The molecule has 0 saturated carbocycles. The summed E-state index contributed by atoms with van der Waals surface area (Å²) in [7, 11) is 1.83. The molecule has 0 bridgehead atoms. The summed E-state index contributed by atoms with van der Waals surface area (Å²) in [5, 5.41) is 21.8. The summed E-state index contributed by atoms with van der Waals surface area (Å²) in [6.45, 7) is 0.253. The van der Waals surface area contributed by atoms with Crippen molar-refractivity contribution in [1.29, 1.82) is 0 Å². The molecule has 0 unspecified atom stereocenters. The van der Waals surface area contributed by atoms with Crippen molar-refractivity contribution in [3.8, 4) is 17.1 Å². The van der Waals surface area contributed by atoms with Crippen molar-refractivity contribution in [3.05, 3.63) is 73.9 Å². The van der Waals surface area contributed by atoms with Gasteiger partial charge in [0.2, 0.25) is 0 Å². The zero-order chi connectivity index (χ0) is 21.1. The van der Waals surface area contributed by atoms with E-state index in [2.05, 4.69) is 15.4 Å². The molecule has 4 aromatic rings. The van der Waals surface area contributed by atoms with E-state index in [9.17, 15) is 14.9 Å². The first-order chi connectivity index (χ1) is 14.5. The molecule has 1 amide bonds. The Labute approximate surface area is 178 Å². The van der Waals surface area contributed by atoms with Crippen molar-refractivity contribution in [2.24, 2.45) is 7.05 Å². The number of thiophene rings is 1. The van der Waals surface area contributed by atoms with Crippen LogP contribution in [0.25, 0.3) is 11.4 Å². The monoisotopic (exact) mass is 441 g/mol. The summed E-state index contributed by atoms with van der Waals surface area (Å²) >= 11 is 2.65. The molecule has 0 atom stereocenters. The summed E-state index contributed by atoms with van der Waals surface area (Å²) in [5.41, 5.74) is 2.45. The number of hydrogen-bond donors (Lipinski definition) is 1. The first-order valence-corrected chi connectivity index (χ1v) is 10.5. The van der Waals surface area contributed by atoms with Crippen molar-refractivity contribution >= 4 is 39.4 Å². The van der Waals surface area contributed by atoms with Gasteiger partial charge in [-0.1, -0.05) is 0 Å². The van der Waals surface area contributed by atoms with E-state index in [4.69, 9.17) is 4.74 Å². The molecule has 0 aliphatic heterocycles. The highest BCUT2D eigenvalue weighted by Crippen LogP contribution is 2.26. The molecule has 30 heavy (non-hydrogen) atoms. The predicted molar refractivity (Wildman–Crippen MR) is 114 cm³/mol. The number of non-ortho nitro benzene ring substituents is 1. The van der Waals surface area contributed by atoms with Gasteiger partial charge in [0.25, 0.3) is 11.6 Å². The molecule has 1 aromatic carbocycles. The van der Waals surface area contributed by atoms with E-state index in [-0.39, 0.29) is 18.2 Å². The number of nitrogens with zero attached hydrogens (tertiary/aromatic N) is 4. The molecule has 0 radical (unpaired) electrons. The Bertz CT molecular complexity index is 1200. The number of nitrogens with one attached hydrogen (secondary N) is 1. The lowest BCUT2D eigenvalue weighted by Gasteiger charge is -2.04. The number of nitro benzene ring substituents is 1. The Balaban J connectivity index is 1.35. The van der Waals surface area contributed by atoms with E-state index in [0.717, 1.165) is 17.0 Å². The van der Waals surface area contributed by atoms with Crippen molar-refractivity contribution in [1.82, 2.24) is 14.8 Å². The number of aromatic nitrogens is 3. The Morgan fingerprint density at radius 2 is 2.03 bits per heavy atom. The molecule has 3 heterocycles. The molecule has 0 saturated heterocycles. The summed E-state index contributed by atoms with van der Waals surface area (Å²) in [6.07, 6.45) is 1.69. The number of hydrogen-bond acceptors (Lipinski definition) is 8. The molecule has 9 nitrogen and oxygen atoms in total. The van der Waals surface area contributed by atoms with Crippen molar-refractivity contribution in [2.45, 2.75) is 6.61 Å². The van der Waals surface area contributed by atoms with Gasteiger partial charge in [-0.05, 0) is 29.6 Å². The maximum Gasteiger partial charge on any atom is 0.269 e. The Hall–Kier alpha value is -3.57. The lowest BCUT2D eigenvalue weighted by molar-refractivity contribution is -0.384. The van der Waals surface area contributed by atoms with Gasteiger partial charge in [-0.2, -0.15) is 5.10 Å². The van der Waals surface area contributed by atoms with Crippen molar-refractivity contribution in [3.63, 3.8) is 0 Å². The van der Waals surface area contributed by atoms with Crippen LogP contribution >= 0.6 is 22.7 Å². The van der Waals surface area contributed by atoms with Gasteiger partial charge in [0, 0.05) is 36.3 Å². The average Bonchev–Trinajstić information content (AvgIpc) is 3.47. The zero-order valence-corrected chi connectivity index (χ0v) is 17.3. The molecule has 0 fully saturated rings. The van der Waals surface area contributed by atoms with Gasteiger partial charge in [-0.15, -0.1) is 22.7 Å². The van der Waals surface area contributed by atoms with Crippen LogP contribution in [0.1, 0.15) is 15.2 Å². The normalized spacial score (nSPS) is 10.7. The van der Waals surface area contributed by atoms with Crippen LogP contribution in [0.4, 0.5) is 10.8 Å². The minimum absolute atomic E-state index is 0.00516. The number of rotatable bonds is 7. The number of aryl methyl sites for hydroxylation is 1. The van der Waals surface area contributed by atoms with Gasteiger partial charge in [0.1, 0.15) is 18.1 Å². The molecule has 0 spiro atoms. The Morgan fingerprint density at radius 3 is 2.73 bits per heavy atom. The van der Waals surface area contributed by atoms with E-state index in [1.165, 1.54) is 34.8 Å². The molecule has 0 aliphatic carbocycles. The van der Waals surface area contributed by atoms with Gasteiger partial charge in [0.05, 0.1) is 15.5 Å². The lowest BCUT2D eigenvalue weighted by atomic mass is 10.3. The SMILES string of the molecule is Cn1nccc1-c1csc(NC(=O)c2cc(COc3ccc([N+](=O)[O-])cc3)cs2)n1. The van der Waals surface area contributed by atoms with Crippen LogP contribution in [-0.4, -0.2) is 25.6 Å². The van der Waals surface area contributed by atoms with Crippen LogP contribution < -0.4 is 10.1 Å². The van der Waals surface area contributed by atoms with Gasteiger partial charge < -0.3 is 4.74 Å². The number of thiazole rings is 1. The number of amides is 1. The number of anilines is 1. The van der Waals surface area contributed by atoms with Gasteiger partial charge in [-0.3, -0.25) is 24.9 Å². The lowest BCUT2D eigenvalue weighted by Crippen LogP contribution is -2.10. The fraction of sp³-hybridized carbons (Fsp3) is 0.105. The van der Waals surface area contributed by atoms with Crippen LogP contribution in [0, 0.1) is 10.1 Å². The third-order valence-corrected chi connectivity index (χ3v) is 5.87. The molecular weight excluding hydrogens is 426 g/mol. The van der Waals surface area contributed by atoms with Gasteiger partial charge in [0.15, 0.2) is 5.13 Å². The zero-order valence-electron chi connectivity index (χ0n) is 15.6. The fourth-order valence-corrected chi connectivity index (χ4v) is 4.13. The van der Waals surface area contributed by atoms with E-state index in [1.807, 2.05) is 23.9 Å². The molecule has 3 aromatic heterocycles. The first-order valence-electron chi connectivity index (χ1n) is 8.69. The summed E-state index contributed by atoms with van der Waals surface area (Å²) in [4.78, 5) is 27.7. The number of ether oxygens (including phenoxy) is 1. The van der Waals surface area contributed by atoms with E-state index in [1.54, 1.807) is 29.1 Å². The smallest absolute Gasteiger partial charge is 0.269 e. The number of nitro groups is 1. The average molecular weight is 441 g/mol. The van der Waals surface area contributed by atoms with Crippen LogP contribution in [0.15, 0.2) is 53.4 Å². The van der Waals surface area contributed by atoms with Crippen molar-refractivity contribution in [2.75, 3.05) is 5.32 Å². The quantitative estimate of drug-likeness (QED) is 0.337. The highest BCUT2D eigenvalue weighted by Gasteiger charge is 2.14. The van der Waals surface area contributed by atoms with Crippen LogP contribution in [0.3, 0.4) is 0 Å². The summed E-state index contributed by atoms with van der Waals surface area (Å²) in [6, 6.07) is 9.46. The van der Waals surface area contributed by atoms with Gasteiger partial charge in [-0.25, -0.2) is 4.98 Å². The Kier molecular flexibility index (Phi) is 5.55. The third-order valence-electron chi connectivity index (χ3n) is 4.14. The summed E-state index contributed by atoms with van der Waals surface area (Å²) < 4.78 is 7.35. The number of benzene rings is 1. The molecular formula is C19H15N5O4S2. The Morgan fingerprint density at radius 1 is 1.23 bits per heavy atom. The second-order valence-corrected chi connectivity index (χ2v) is 7.96. The first kappa shape index (κ1) is 19.7. The highest BCUT2D eigenvalue weighted by molar-refractivity contribution is 7.14. The second-order valence-electron chi connectivity index (χ2n) is 6.19. The molecule has 4 rings (SSSR count). The second kappa shape index (κ2) is 8.43. The molecule has 1 N–H and O–H groups in total. The van der Waals surface area contributed by atoms with E-state index < -0.39 is 4.92 Å². The van der Waals surface area contributed by atoms with E-state index >= 15 is 0 Å². The topological polar surface area (TPSA) is 112 Å². The van der Waals surface area contributed by atoms with Crippen molar-refractivity contribution < 1.29 is 14.5 Å². The van der Waals surface area contributed by atoms with Gasteiger partial charge >= 0.3 is 0 Å². The predicted octanol–water partition coefficient (Wildman–Crippen LogP) is 4.34. The molecule has 0 aliphatic rings. The standard InChI is InChI=1S/C19H15N5O4S2/c1-23-16(6-7-20-23)15-11-30-19(21-15)22-18(25)17-8-12(10-29-17)9-28-14-4-2-13(3-5-14)24(26)27/h2-8,10-11H,9H2,1H3,(H,21,22,25). The van der Waals surface area contributed by atoms with Crippen LogP contribution in [-0.2, 0) is 13.7 Å². The third kappa shape index (κ3) is 4.36. The fourth-order valence-electron chi connectivity index (χ4n) is 2.63. The van der Waals surface area contributed by atoms with Crippen LogP contribution in [0.5, 0.6) is 5.75 Å².